The minimum Gasteiger partial charge on any atom is -0.396 e. The number of nitrogens with one attached hydrogen (secondary N) is 1. The molecule has 0 amide bonds. The van der Waals surface area contributed by atoms with Gasteiger partial charge in [0.25, 0.3) is 0 Å². The van der Waals surface area contributed by atoms with E-state index in [-0.39, 0.29) is 12.0 Å². The largest absolute Gasteiger partial charge is 0.396 e. The maximum Gasteiger partial charge on any atom is 0.0496 e. The van der Waals surface area contributed by atoms with Crippen LogP contribution in [0.15, 0.2) is 0 Å². The molecule has 0 aliphatic rings. The van der Waals surface area contributed by atoms with Gasteiger partial charge >= 0.3 is 0 Å². The van der Waals surface area contributed by atoms with Crippen LogP contribution in [0.5, 0.6) is 0 Å². The fourth-order valence-electron chi connectivity index (χ4n) is 1.57. The summed E-state index contributed by atoms with van der Waals surface area (Å²) < 4.78 is 0. The molecule has 0 saturated heterocycles. The monoisotopic (exact) mass is 230 g/mol. The Bertz CT molecular complexity index is 177. The number of hydrogen-bond donors (Lipinski definition) is 2. The Balaban J connectivity index is 4.20. The van der Waals surface area contributed by atoms with Crippen molar-refractivity contribution in [2.24, 2.45) is 11.3 Å². The van der Waals surface area contributed by atoms with Crippen LogP contribution < -0.4 is 5.32 Å². The summed E-state index contributed by atoms with van der Waals surface area (Å²) >= 11 is 0. The van der Waals surface area contributed by atoms with Gasteiger partial charge in [-0.15, -0.1) is 0 Å². The van der Waals surface area contributed by atoms with E-state index in [1.807, 2.05) is 0 Å². The molecule has 0 aromatic rings. The number of aliphatic hydroxyl groups excluding tert-OH is 1. The summed E-state index contributed by atoms with van der Waals surface area (Å²) in [5.74, 6) is 0.613. The Morgan fingerprint density at radius 1 is 1.31 bits per heavy atom. The summed E-state index contributed by atoms with van der Waals surface area (Å²) in [5.41, 5.74) is 0.0133. The normalized spacial score (nSPS) is 17.8. The molecule has 0 aliphatic carbocycles. The predicted molar refractivity (Wildman–Crippen MR) is 70.7 cm³/mol. The van der Waals surface area contributed by atoms with E-state index in [9.17, 15) is 5.11 Å². The summed E-state index contributed by atoms with van der Waals surface area (Å²) in [5, 5.41) is 13.0. The predicted octanol–water partition coefficient (Wildman–Crippen LogP) is 1.57. The van der Waals surface area contributed by atoms with Crippen molar-refractivity contribution < 1.29 is 5.11 Å². The SMILES string of the molecule is CCC(C)(CO)CNC(CN(C)C)C(C)C. The molecule has 0 aromatic carbocycles. The first-order chi connectivity index (χ1) is 7.34. The average Bonchev–Trinajstić information content (AvgIpc) is 2.23. The van der Waals surface area contributed by atoms with E-state index >= 15 is 0 Å². The van der Waals surface area contributed by atoms with Crippen LogP contribution in [-0.2, 0) is 0 Å². The molecule has 16 heavy (non-hydrogen) atoms. The third-order valence-corrected chi connectivity index (χ3v) is 3.39. The number of hydrogen-bond acceptors (Lipinski definition) is 3. The minimum atomic E-state index is 0.0133. The first-order valence-corrected chi connectivity index (χ1v) is 6.33. The highest BCUT2D eigenvalue weighted by molar-refractivity contribution is 4.80. The van der Waals surface area contributed by atoms with E-state index in [0.717, 1.165) is 19.5 Å². The molecule has 0 bridgehead atoms. The van der Waals surface area contributed by atoms with Gasteiger partial charge in [-0.05, 0) is 26.4 Å². The second-order valence-corrected chi connectivity index (χ2v) is 5.82. The zero-order chi connectivity index (χ0) is 12.8. The van der Waals surface area contributed by atoms with Crippen molar-refractivity contribution in [3.05, 3.63) is 0 Å². The van der Waals surface area contributed by atoms with Gasteiger partial charge in [0.1, 0.15) is 0 Å². The molecule has 0 heterocycles. The van der Waals surface area contributed by atoms with E-state index in [1.54, 1.807) is 0 Å². The van der Waals surface area contributed by atoms with Crippen molar-refractivity contribution in [3.8, 4) is 0 Å². The van der Waals surface area contributed by atoms with E-state index in [4.69, 9.17) is 0 Å². The lowest BCUT2D eigenvalue weighted by Crippen LogP contribution is -2.46. The molecule has 0 rings (SSSR count). The van der Waals surface area contributed by atoms with E-state index in [0.29, 0.717) is 12.0 Å². The van der Waals surface area contributed by atoms with E-state index < -0.39 is 0 Å². The number of likely N-dealkylation sites (N-methyl/N-ethyl adjacent to an activating group) is 1. The molecule has 0 fully saturated rings. The van der Waals surface area contributed by atoms with Crippen molar-refractivity contribution >= 4 is 0 Å². The lowest BCUT2D eigenvalue weighted by atomic mass is 9.88. The molecular formula is C13H30N2O. The van der Waals surface area contributed by atoms with Crippen LogP contribution in [0, 0.1) is 11.3 Å². The van der Waals surface area contributed by atoms with Crippen LogP contribution in [0.3, 0.4) is 0 Å². The van der Waals surface area contributed by atoms with Crippen LogP contribution in [0.4, 0.5) is 0 Å². The maximum atomic E-state index is 9.37. The molecule has 2 unspecified atom stereocenters. The lowest BCUT2D eigenvalue weighted by molar-refractivity contribution is 0.126. The Morgan fingerprint density at radius 2 is 1.88 bits per heavy atom. The van der Waals surface area contributed by atoms with Gasteiger partial charge in [0.2, 0.25) is 0 Å². The van der Waals surface area contributed by atoms with Crippen LogP contribution in [0.25, 0.3) is 0 Å². The first kappa shape index (κ1) is 15.9. The first-order valence-electron chi connectivity index (χ1n) is 6.33. The molecule has 0 saturated carbocycles. The van der Waals surface area contributed by atoms with Crippen LogP contribution in [0.2, 0.25) is 0 Å². The van der Waals surface area contributed by atoms with Gasteiger partial charge in [0.05, 0.1) is 0 Å². The minimum absolute atomic E-state index is 0.0133. The second-order valence-electron chi connectivity index (χ2n) is 5.82. The zero-order valence-electron chi connectivity index (χ0n) is 11.9. The molecule has 98 valence electrons. The molecule has 0 aromatic heterocycles. The van der Waals surface area contributed by atoms with Crippen molar-refractivity contribution in [2.45, 2.75) is 40.2 Å². The van der Waals surface area contributed by atoms with Gasteiger partial charge in [-0.25, -0.2) is 0 Å². The molecule has 0 radical (unpaired) electrons. The standard InChI is InChI=1S/C13H30N2O/c1-7-13(4,10-16)9-14-12(11(2)3)8-15(5)6/h11-12,14,16H,7-10H2,1-6H3. The number of nitrogens with zero attached hydrogens (tertiary/aromatic N) is 1. The van der Waals surface area contributed by atoms with Gasteiger partial charge in [0, 0.05) is 31.2 Å². The van der Waals surface area contributed by atoms with Crippen molar-refractivity contribution in [1.82, 2.24) is 10.2 Å². The second kappa shape index (κ2) is 7.25. The molecule has 2 N–H and O–H groups in total. The fourth-order valence-corrected chi connectivity index (χ4v) is 1.57. The van der Waals surface area contributed by atoms with Crippen molar-refractivity contribution in [2.75, 3.05) is 33.8 Å². The summed E-state index contributed by atoms with van der Waals surface area (Å²) in [7, 11) is 4.20. The highest BCUT2D eigenvalue weighted by Crippen LogP contribution is 2.19. The van der Waals surface area contributed by atoms with Crippen LogP contribution in [0.1, 0.15) is 34.1 Å². The van der Waals surface area contributed by atoms with Crippen molar-refractivity contribution in [1.29, 1.82) is 0 Å². The molecular weight excluding hydrogens is 200 g/mol. The fraction of sp³-hybridized carbons (Fsp3) is 1.00. The molecule has 0 aliphatic heterocycles. The molecule has 0 spiro atoms. The van der Waals surface area contributed by atoms with Crippen LogP contribution in [-0.4, -0.2) is 49.8 Å². The van der Waals surface area contributed by atoms with Gasteiger partial charge in [-0.3, -0.25) is 0 Å². The van der Waals surface area contributed by atoms with Crippen LogP contribution >= 0.6 is 0 Å². The van der Waals surface area contributed by atoms with E-state index in [2.05, 4.69) is 52.0 Å². The molecule has 3 nitrogen and oxygen atoms in total. The Morgan fingerprint density at radius 3 is 2.19 bits per heavy atom. The van der Waals surface area contributed by atoms with E-state index in [1.165, 1.54) is 0 Å². The summed E-state index contributed by atoms with van der Waals surface area (Å²) in [6.45, 7) is 10.9. The number of aliphatic hydroxyl groups is 1. The smallest absolute Gasteiger partial charge is 0.0496 e. The lowest BCUT2D eigenvalue weighted by Gasteiger charge is -2.32. The third kappa shape index (κ3) is 5.83. The zero-order valence-corrected chi connectivity index (χ0v) is 11.9. The van der Waals surface area contributed by atoms with Crippen molar-refractivity contribution in [3.63, 3.8) is 0 Å². The Hall–Kier alpha value is -0.120. The Labute approximate surface area is 101 Å². The summed E-state index contributed by atoms with van der Waals surface area (Å²) in [6, 6.07) is 0.493. The summed E-state index contributed by atoms with van der Waals surface area (Å²) in [6.07, 6.45) is 1.00. The van der Waals surface area contributed by atoms with Gasteiger partial charge in [-0.2, -0.15) is 0 Å². The topological polar surface area (TPSA) is 35.5 Å². The third-order valence-electron chi connectivity index (χ3n) is 3.39. The highest BCUT2D eigenvalue weighted by Gasteiger charge is 2.23. The molecule has 2 atom stereocenters. The van der Waals surface area contributed by atoms with Gasteiger partial charge < -0.3 is 15.3 Å². The average molecular weight is 230 g/mol. The maximum absolute atomic E-state index is 9.37. The number of rotatable bonds is 8. The Kier molecular flexibility index (Phi) is 7.20. The molecule has 3 heteroatoms. The highest BCUT2D eigenvalue weighted by atomic mass is 16.3. The summed E-state index contributed by atoms with van der Waals surface area (Å²) in [4.78, 5) is 2.21. The quantitative estimate of drug-likeness (QED) is 0.664. The van der Waals surface area contributed by atoms with Gasteiger partial charge in [-0.1, -0.05) is 27.7 Å². The van der Waals surface area contributed by atoms with Gasteiger partial charge in [0.15, 0.2) is 0 Å².